The molecule has 0 bridgehead atoms. The Morgan fingerprint density at radius 1 is 0.818 bits per heavy atom. The normalized spacial score (nSPS) is 14.3. The monoisotopic (exact) mass is 492 g/mol. The molecule has 33 heavy (non-hydrogen) atoms. The number of carboxylic acids is 2. The fourth-order valence-electron chi connectivity index (χ4n) is 2.60. The fraction of sp³-hybridized carbons (Fsp3) is 0.667. The van der Waals surface area contributed by atoms with Crippen molar-refractivity contribution >= 4 is 48.2 Å². The van der Waals surface area contributed by atoms with Crippen LogP contribution in [-0.2, 0) is 28.8 Å². The number of carboxylic acid groups (broad SMARTS) is 2. The number of primary amides is 1. The summed E-state index contributed by atoms with van der Waals surface area (Å²) < 4.78 is 0. The SMILES string of the molecule is NCCCCC(NC(=O)C(CC(N)=O)NC(=O)C(CCC(=O)O)NC(=O)C(N)CS)C(=O)O. The molecule has 4 unspecified atom stereocenters. The van der Waals surface area contributed by atoms with Gasteiger partial charge < -0.3 is 43.4 Å². The van der Waals surface area contributed by atoms with E-state index in [1.54, 1.807) is 0 Å². The molecule has 0 aliphatic heterocycles. The molecule has 0 aliphatic rings. The first-order valence-electron chi connectivity index (χ1n) is 10.1. The van der Waals surface area contributed by atoms with Crippen molar-refractivity contribution in [1.29, 1.82) is 0 Å². The lowest BCUT2D eigenvalue weighted by Crippen LogP contribution is -2.58. The summed E-state index contributed by atoms with van der Waals surface area (Å²) in [5, 5.41) is 24.9. The van der Waals surface area contributed by atoms with Crippen molar-refractivity contribution in [1.82, 2.24) is 16.0 Å². The third-order valence-electron chi connectivity index (χ3n) is 4.41. The average molecular weight is 493 g/mol. The molecule has 0 fully saturated rings. The summed E-state index contributed by atoms with van der Waals surface area (Å²) >= 11 is 3.87. The zero-order valence-electron chi connectivity index (χ0n) is 18.0. The number of nitrogens with one attached hydrogen (secondary N) is 3. The second-order valence-corrected chi connectivity index (χ2v) is 7.56. The fourth-order valence-corrected chi connectivity index (χ4v) is 2.77. The minimum atomic E-state index is -1.56. The summed E-state index contributed by atoms with van der Waals surface area (Å²) in [5.41, 5.74) is 16.1. The summed E-state index contributed by atoms with van der Waals surface area (Å²) in [4.78, 5) is 71.0. The lowest BCUT2D eigenvalue weighted by Gasteiger charge is -2.24. The molecule has 4 atom stereocenters. The van der Waals surface area contributed by atoms with Gasteiger partial charge >= 0.3 is 11.9 Å². The highest BCUT2D eigenvalue weighted by atomic mass is 32.1. The van der Waals surface area contributed by atoms with Gasteiger partial charge in [-0.1, -0.05) is 0 Å². The van der Waals surface area contributed by atoms with E-state index in [9.17, 15) is 33.9 Å². The van der Waals surface area contributed by atoms with Gasteiger partial charge in [0.1, 0.15) is 18.1 Å². The Hall–Kier alpha value is -2.91. The first-order chi connectivity index (χ1) is 15.4. The molecule has 0 aromatic carbocycles. The van der Waals surface area contributed by atoms with Gasteiger partial charge in [0.15, 0.2) is 0 Å². The van der Waals surface area contributed by atoms with Crippen LogP contribution < -0.4 is 33.2 Å². The van der Waals surface area contributed by atoms with E-state index >= 15 is 0 Å². The van der Waals surface area contributed by atoms with Crippen molar-refractivity contribution in [3.05, 3.63) is 0 Å². The highest BCUT2D eigenvalue weighted by Gasteiger charge is 2.31. The molecule has 0 radical (unpaired) electrons. The number of amides is 4. The van der Waals surface area contributed by atoms with Crippen LogP contribution in [-0.4, -0.2) is 82.2 Å². The van der Waals surface area contributed by atoms with Crippen LogP contribution in [0.1, 0.15) is 38.5 Å². The Balaban J connectivity index is 5.47. The van der Waals surface area contributed by atoms with E-state index in [0.717, 1.165) is 0 Å². The lowest BCUT2D eigenvalue weighted by molar-refractivity contribution is -0.142. The zero-order chi connectivity index (χ0) is 25.6. The number of unbranched alkanes of at least 4 members (excludes halogenated alkanes) is 1. The van der Waals surface area contributed by atoms with E-state index in [-0.39, 0.29) is 18.6 Å². The molecule has 15 heteroatoms. The summed E-state index contributed by atoms with van der Waals surface area (Å²) in [6, 6.07) is -5.34. The summed E-state index contributed by atoms with van der Waals surface area (Å²) in [6.45, 7) is 0.334. The predicted molar refractivity (Wildman–Crippen MR) is 119 cm³/mol. The Kier molecular flexibility index (Phi) is 14.4. The third-order valence-corrected chi connectivity index (χ3v) is 4.81. The molecular weight excluding hydrogens is 460 g/mol. The van der Waals surface area contributed by atoms with Crippen molar-refractivity contribution in [2.24, 2.45) is 17.2 Å². The van der Waals surface area contributed by atoms with Crippen LogP contribution in [0.2, 0.25) is 0 Å². The Morgan fingerprint density at radius 2 is 1.36 bits per heavy atom. The molecule has 188 valence electrons. The summed E-state index contributed by atoms with van der Waals surface area (Å²) in [6.07, 6.45) is -0.496. The first kappa shape index (κ1) is 30.1. The highest BCUT2D eigenvalue weighted by molar-refractivity contribution is 7.80. The van der Waals surface area contributed by atoms with Crippen molar-refractivity contribution < 1.29 is 39.0 Å². The largest absolute Gasteiger partial charge is 0.481 e. The maximum absolute atomic E-state index is 12.7. The molecule has 0 aromatic heterocycles. The molecule has 14 nitrogen and oxygen atoms in total. The van der Waals surface area contributed by atoms with Crippen LogP contribution in [0.25, 0.3) is 0 Å². The molecule has 11 N–H and O–H groups in total. The van der Waals surface area contributed by atoms with Crippen LogP contribution in [0.5, 0.6) is 0 Å². The third kappa shape index (κ3) is 12.6. The Morgan fingerprint density at radius 3 is 1.85 bits per heavy atom. The number of hydrogen-bond acceptors (Lipinski definition) is 9. The minimum Gasteiger partial charge on any atom is -0.481 e. The van der Waals surface area contributed by atoms with Gasteiger partial charge in [-0.3, -0.25) is 24.0 Å². The van der Waals surface area contributed by atoms with Crippen LogP contribution in [0.4, 0.5) is 0 Å². The molecule has 0 heterocycles. The standard InChI is InChI=1S/C18H32N6O8S/c19-6-2-1-3-11(18(31)32)23-17(30)12(7-13(21)25)24-16(29)10(4-5-14(26)27)22-15(28)9(20)8-33/h9-12,33H,1-8,19-20H2,(H2,21,25)(H,22,28)(H,23,30)(H,24,29)(H,26,27)(H,31,32). The van der Waals surface area contributed by atoms with Gasteiger partial charge in [-0.25, -0.2) is 4.79 Å². The van der Waals surface area contributed by atoms with Gasteiger partial charge in [0.05, 0.1) is 12.5 Å². The molecule has 0 rings (SSSR count). The lowest BCUT2D eigenvalue weighted by atomic mass is 10.1. The van der Waals surface area contributed by atoms with Crippen molar-refractivity contribution in [3.63, 3.8) is 0 Å². The quantitative estimate of drug-likeness (QED) is 0.0719. The van der Waals surface area contributed by atoms with Gasteiger partial charge in [-0.05, 0) is 32.2 Å². The van der Waals surface area contributed by atoms with Crippen molar-refractivity contribution in [3.8, 4) is 0 Å². The van der Waals surface area contributed by atoms with E-state index in [1.165, 1.54) is 0 Å². The van der Waals surface area contributed by atoms with Crippen LogP contribution in [0.3, 0.4) is 0 Å². The molecule has 0 spiro atoms. The molecule has 0 aromatic rings. The van der Waals surface area contributed by atoms with E-state index < -0.39 is 72.6 Å². The van der Waals surface area contributed by atoms with Crippen LogP contribution >= 0.6 is 12.6 Å². The topological polar surface area (TPSA) is 257 Å². The van der Waals surface area contributed by atoms with Crippen LogP contribution in [0.15, 0.2) is 0 Å². The van der Waals surface area contributed by atoms with Gasteiger partial charge in [0.25, 0.3) is 0 Å². The Labute approximate surface area is 195 Å². The predicted octanol–water partition coefficient (Wildman–Crippen LogP) is -3.35. The number of rotatable bonds is 17. The number of hydrogen-bond donors (Lipinski definition) is 9. The Bertz CT molecular complexity index is 722. The van der Waals surface area contributed by atoms with Gasteiger partial charge in [-0.15, -0.1) is 0 Å². The van der Waals surface area contributed by atoms with Gasteiger partial charge in [0, 0.05) is 12.2 Å². The molecule has 0 saturated heterocycles. The second kappa shape index (κ2) is 15.8. The molecular formula is C18H32N6O8S. The molecule has 4 amide bonds. The zero-order valence-corrected chi connectivity index (χ0v) is 18.9. The number of carbonyl (C=O) groups excluding carboxylic acids is 4. The van der Waals surface area contributed by atoms with E-state index in [4.69, 9.17) is 22.3 Å². The van der Waals surface area contributed by atoms with E-state index in [2.05, 4.69) is 28.6 Å². The molecule has 0 saturated carbocycles. The second-order valence-electron chi connectivity index (χ2n) is 7.20. The molecule has 0 aliphatic carbocycles. The summed E-state index contributed by atoms with van der Waals surface area (Å²) in [7, 11) is 0. The number of thiol groups is 1. The minimum absolute atomic E-state index is 0.0491. The van der Waals surface area contributed by atoms with E-state index in [0.29, 0.717) is 19.4 Å². The number of nitrogens with two attached hydrogens (primary N) is 3. The van der Waals surface area contributed by atoms with E-state index in [1.807, 2.05) is 0 Å². The van der Waals surface area contributed by atoms with Gasteiger partial charge in [-0.2, -0.15) is 12.6 Å². The average Bonchev–Trinajstić information content (AvgIpc) is 2.73. The van der Waals surface area contributed by atoms with Crippen molar-refractivity contribution in [2.75, 3.05) is 12.3 Å². The van der Waals surface area contributed by atoms with Crippen LogP contribution in [0, 0.1) is 0 Å². The van der Waals surface area contributed by atoms with Crippen molar-refractivity contribution in [2.45, 2.75) is 62.7 Å². The smallest absolute Gasteiger partial charge is 0.326 e. The highest BCUT2D eigenvalue weighted by Crippen LogP contribution is 2.05. The maximum Gasteiger partial charge on any atom is 0.326 e. The first-order valence-corrected chi connectivity index (χ1v) is 10.8. The maximum atomic E-state index is 12.7. The number of aliphatic carboxylic acids is 2. The number of carbonyl (C=O) groups is 6. The summed E-state index contributed by atoms with van der Waals surface area (Å²) in [5.74, 6) is -6.33. The van der Waals surface area contributed by atoms with Gasteiger partial charge in [0.2, 0.25) is 23.6 Å².